The van der Waals surface area contributed by atoms with Gasteiger partial charge in [0.05, 0.1) is 20.0 Å². The molecule has 0 N–H and O–H groups in total. The summed E-state index contributed by atoms with van der Waals surface area (Å²) in [5.41, 5.74) is 3.22. The fourth-order valence-electron chi connectivity index (χ4n) is 3.45. The molecule has 0 amide bonds. The van der Waals surface area contributed by atoms with E-state index in [1.54, 1.807) is 12.7 Å². The average molecular weight is 323 g/mol. The lowest BCUT2D eigenvalue weighted by molar-refractivity contribution is 0.0682. The van der Waals surface area contributed by atoms with Crippen LogP contribution in [0.15, 0.2) is 11.3 Å². The molecule has 0 aromatic rings. The summed E-state index contributed by atoms with van der Waals surface area (Å²) in [7, 11) is 10.4. The fraction of sp³-hybridized carbons (Fsp3) is 0.900. The molecule has 2 unspecified atom stereocenters. The van der Waals surface area contributed by atoms with Crippen LogP contribution in [0.25, 0.3) is 0 Å². The average Bonchev–Trinajstić information content (AvgIpc) is 2.68. The van der Waals surface area contributed by atoms with Gasteiger partial charge in [-0.3, -0.25) is 0 Å². The molecule has 0 saturated heterocycles. The molecule has 23 heavy (non-hydrogen) atoms. The molecule has 0 aromatic heterocycles. The second-order valence-electron chi connectivity index (χ2n) is 6.40. The van der Waals surface area contributed by atoms with Crippen molar-refractivity contribution < 1.29 is 4.74 Å². The van der Waals surface area contributed by atoms with Crippen molar-refractivity contribution in [1.82, 2.24) is 4.90 Å². The van der Waals surface area contributed by atoms with E-state index in [2.05, 4.69) is 25.8 Å². The van der Waals surface area contributed by atoms with E-state index >= 15 is 0 Å². The van der Waals surface area contributed by atoms with Gasteiger partial charge in [-0.1, -0.05) is 60.2 Å². The first-order valence-electron chi connectivity index (χ1n) is 9.60. The van der Waals surface area contributed by atoms with Gasteiger partial charge in [-0.15, -0.1) is 0 Å². The Morgan fingerprint density at radius 2 is 1.57 bits per heavy atom. The van der Waals surface area contributed by atoms with Gasteiger partial charge in [0, 0.05) is 19.9 Å². The monoisotopic (exact) mass is 323 g/mol. The van der Waals surface area contributed by atoms with Gasteiger partial charge in [-0.2, -0.15) is 0 Å². The van der Waals surface area contributed by atoms with Crippen LogP contribution in [0.4, 0.5) is 0 Å². The summed E-state index contributed by atoms with van der Waals surface area (Å²) in [4.78, 5) is 2.44. The Balaban J connectivity index is 0. The number of hydrogen-bond acceptors (Lipinski definition) is 2. The first-order valence-corrected chi connectivity index (χ1v) is 9.60. The van der Waals surface area contributed by atoms with E-state index in [9.17, 15) is 0 Å². The quantitative estimate of drug-likeness (QED) is 0.580. The van der Waals surface area contributed by atoms with Crippen LogP contribution < -0.4 is 0 Å². The Labute approximate surface area is 148 Å². The van der Waals surface area contributed by atoms with Gasteiger partial charge in [-0.25, -0.2) is 0 Å². The minimum Gasteiger partial charge on any atom is -0.382 e. The summed E-state index contributed by atoms with van der Waals surface area (Å²) in [6.07, 6.45) is 5.68. The number of allylic oxidation sites excluding steroid dienone is 1. The topological polar surface area (TPSA) is 12.5 Å². The minimum atomic E-state index is -0.0176. The van der Waals surface area contributed by atoms with Crippen LogP contribution in [0.2, 0.25) is 5.31 Å². The van der Waals surface area contributed by atoms with Gasteiger partial charge < -0.3 is 9.64 Å². The van der Waals surface area contributed by atoms with E-state index in [0.29, 0.717) is 0 Å². The van der Waals surface area contributed by atoms with Crippen molar-refractivity contribution in [3.05, 3.63) is 11.3 Å². The number of nitrogens with zero attached hydrogens (tertiary/aromatic N) is 1. The van der Waals surface area contributed by atoms with Crippen LogP contribution in [-0.2, 0) is 4.74 Å². The third kappa shape index (κ3) is 6.91. The van der Waals surface area contributed by atoms with E-state index in [-0.39, 0.29) is 10.9 Å². The highest BCUT2D eigenvalue weighted by molar-refractivity contribution is 6.15. The molecule has 1 aliphatic heterocycles. The van der Waals surface area contributed by atoms with Gasteiger partial charge in [0.15, 0.2) is 0 Å². The van der Waals surface area contributed by atoms with Crippen LogP contribution in [-0.4, -0.2) is 39.0 Å². The molecule has 136 valence electrons. The predicted molar refractivity (Wildman–Crippen MR) is 106 cm³/mol. The highest BCUT2D eigenvalue weighted by Gasteiger charge is 2.41. The lowest BCUT2D eigenvalue weighted by Crippen LogP contribution is -2.43. The first-order chi connectivity index (χ1) is 10.9. The summed E-state index contributed by atoms with van der Waals surface area (Å²) in [6.45, 7) is 17.3. The van der Waals surface area contributed by atoms with E-state index in [1.807, 2.05) is 41.5 Å². The number of likely N-dealkylation sites (N-methyl/N-ethyl adjacent to an activating group) is 1. The van der Waals surface area contributed by atoms with Gasteiger partial charge in [0.2, 0.25) is 0 Å². The number of ether oxygens (including phenoxy) is 1. The van der Waals surface area contributed by atoms with Crippen LogP contribution in [0.1, 0.15) is 87.5 Å². The standard InChI is InChI=1S/C14H24BNO.3C2H6/c1-13(15)7-5-6-12-11(8-13)9-14(2,10-17-4)16(12)3;3*1-2/h5-10H2,1-4H3;3*1-2H3. The summed E-state index contributed by atoms with van der Waals surface area (Å²) in [6, 6.07) is 0. The zero-order valence-electron chi connectivity index (χ0n) is 17.7. The van der Waals surface area contributed by atoms with Crippen molar-refractivity contribution in [3.8, 4) is 0 Å². The highest BCUT2D eigenvalue weighted by Crippen LogP contribution is 2.48. The van der Waals surface area contributed by atoms with E-state index in [1.165, 1.54) is 18.5 Å². The molecule has 1 aliphatic carbocycles. The van der Waals surface area contributed by atoms with Crippen molar-refractivity contribution >= 4 is 7.85 Å². The highest BCUT2D eigenvalue weighted by atomic mass is 16.5. The fourth-order valence-corrected chi connectivity index (χ4v) is 3.45. The van der Waals surface area contributed by atoms with Crippen LogP contribution in [0.5, 0.6) is 0 Å². The molecule has 2 nitrogen and oxygen atoms in total. The summed E-state index contributed by atoms with van der Waals surface area (Å²) >= 11 is 0. The molecule has 2 radical (unpaired) electrons. The van der Waals surface area contributed by atoms with Gasteiger partial charge >= 0.3 is 0 Å². The Bertz CT molecular complexity index is 339. The van der Waals surface area contributed by atoms with E-state index in [0.717, 1.165) is 25.9 Å². The van der Waals surface area contributed by atoms with Crippen molar-refractivity contribution in [2.75, 3.05) is 20.8 Å². The molecule has 3 heteroatoms. The second-order valence-corrected chi connectivity index (χ2v) is 6.40. The molecular formula is C20H42BNO. The number of methoxy groups -OCH3 is 1. The Hall–Kier alpha value is -0.435. The molecule has 2 aliphatic rings. The SMILES string of the molecule is CC.CC.CC.[B]C1(C)CCCC2=C(C1)CC(C)(COC)N2C. The zero-order valence-corrected chi connectivity index (χ0v) is 17.7. The van der Waals surface area contributed by atoms with Crippen LogP contribution in [0.3, 0.4) is 0 Å². The lowest BCUT2D eigenvalue weighted by Gasteiger charge is -2.36. The Morgan fingerprint density at radius 3 is 2.04 bits per heavy atom. The zero-order chi connectivity index (χ0) is 18.7. The van der Waals surface area contributed by atoms with Crippen LogP contribution >= 0.6 is 0 Å². The minimum absolute atomic E-state index is 0.0176. The molecule has 0 fully saturated rings. The maximum atomic E-state index is 6.36. The van der Waals surface area contributed by atoms with Gasteiger partial charge in [0.25, 0.3) is 0 Å². The molecular weight excluding hydrogens is 281 g/mol. The molecule has 0 saturated carbocycles. The number of rotatable bonds is 2. The second kappa shape index (κ2) is 12.0. The molecule has 0 spiro atoms. The molecule has 0 aromatic carbocycles. The van der Waals surface area contributed by atoms with Crippen molar-refractivity contribution in [1.29, 1.82) is 0 Å². The van der Waals surface area contributed by atoms with Gasteiger partial charge in [-0.05, 0) is 38.2 Å². The molecule has 2 rings (SSSR count). The normalized spacial score (nSPS) is 29.0. The maximum absolute atomic E-state index is 6.36. The third-order valence-electron chi connectivity index (χ3n) is 4.45. The van der Waals surface area contributed by atoms with E-state index in [4.69, 9.17) is 12.6 Å². The first kappa shape index (κ1) is 24.8. The smallest absolute Gasteiger partial charge is 0.0746 e. The molecule has 1 heterocycles. The predicted octanol–water partition coefficient (Wildman–Crippen LogP) is 5.98. The number of hydrogen-bond donors (Lipinski definition) is 0. The summed E-state index contributed by atoms with van der Waals surface area (Å²) in [5, 5.41) is -0.0176. The largest absolute Gasteiger partial charge is 0.382 e. The summed E-state index contributed by atoms with van der Waals surface area (Å²) < 4.78 is 5.39. The van der Waals surface area contributed by atoms with Crippen molar-refractivity contribution in [3.63, 3.8) is 0 Å². The van der Waals surface area contributed by atoms with E-state index < -0.39 is 0 Å². The van der Waals surface area contributed by atoms with Crippen molar-refractivity contribution in [2.45, 2.75) is 98.3 Å². The Kier molecular flexibility index (Phi) is 12.9. The Morgan fingerprint density at radius 1 is 1.04 bits per heavy atom. The third-order valence-corrected chi connectivity index (χ3v) is 4.45. The maximum Gasteiger partial charge on any atom is 0.0746 e. The van der Waals surface area contributed by atoms with Crippen LogP contribution in [0, 0.1) is 0 Å². The van der Waals surface area contributed by atoms with Crippen molar-refractivity contribution in [2.24, 2.45) is 0 Å². The lowest BCUT2D eigenvalue weighted by atomic mass is 9.64. The summed E-state index contributed by atoms with van der Waals surface area (Å²) in [5.74, 6) is 0. The molecule has 0 bridgehead atoms. The van der Waals surface area contributed by atoms with Gasteiger partial charge in [0.1, 0.15) is 0 Å². The molecule has 2 atom stereocenters.